The molecule has 0 saturated carbocycles. The quantitative estimate of drug-likeness (QED) is 0.365. The van der Waals surface area contributed by atoms with Crippen LogP contribution in [0.15, 0.2) is 67.5 Å². The van der Waals surface area contributed by atoms with E-state index < -0.39 is 0 Å². The average molecular weight is 461 g/mol. The zero-order valence-corrected chi connectivity index (χ0v) is 18.6. The maximum Gasteiger partial charge on any atom is 0.178 e. The Morgan fingerprint density at radius 2 is 1.86 bits per heavy atom. The van der Waals surface area contributed by atoms with Gasteiger partial charge in [-0.3, -0.25) is 20.1 Å². The number of fused-ring (bicyclic) bond motifs is 2. The van der Waals surface area contributed by atoms with Crippen molar-refractivity contribution in [3.63, 3.8) is 0 Å². The molecule has 0 unspecified atom stereocenters. The normalized spacial score (nSPS) is 14.0. The van der Waals surface area contributed by atoms with Crippen molar-refractivity contribution >= 4 is 27.8 Å². The van der Waals surface area contributed by atoms with Crippen LogP contribution in [0.1, 0.15) is 0 Å². The molecule has 1 aliphatic heterocycles. The molecule has 0 spiro atoms. The summed E-state index contributed by atoms with van der Waals surface area (Å²) in [5.41, 5.74) is 13.7. The maximum absolute atomic E-state index is 5.95. The zero-order chi connectivity index (χ0) is 23.4. The van der Waals surface area contributed by atoms with E-state index in [2.05, 4.69) is 46.1 Å². The minimum Gasteiger partial charge on any atom is -0.367 e. The van der Waals surface area contributed by atoms with E-state index in [0.29, 0.717) is 17.2 Å². The second-order valence-corrected chi connectivity index (χ2v) is 8.67. The number of hydrogen-bond acceptors (Lipinski definition) is 8. The minimum atomic E-state index is 0.221. The number of nitrogens with two attached hydrogens (primary N) is 1. The highest BCUT2D eigenvalue weighted by atomic mass is 15.2. The Morgan fingerprint density at radius 3 is 2.71 bits per heavy atom. The van der Waals surface area contributed by atoms with E-state index in [9.17, 15) is 0 Å². The van der Waals surface area contributed by atoms with Gasteiger partial charge in [0.2, 0.25) is 0 Å². The number of anilines is 1. The van der Waals surface area contributed by atoms with Gasteiger partial charge in [0.1, 0.15) is 5.69 Å². The summed E-state index contributed by atoms with van der Waals surface area (Å²) in [4.78, 5) is 28.1. The molecule has 10 nitrogen and oxygen atoms in total. The predicted molar refractivity (Wildman–Crippen MR) is 133 cm³/mol. The fraction of sp³-hybridized carbons (Fsp3) is 0.120. The van der Waals surface area contributed by atoms with Crippen LogP contribution in [0.2, 0.25) is 0 Å². The SMILES string of the molecule is NC1CN(c2cncc(-c3cc4c(-c5nc6nccc(-c7cccnc7)c6[nH]5)n[nH]c4cn3)c2)C1. The summed E-state index contributed by atoms with van der Waals surface area (Å²) in [7, 11) is 0. The van der Waals surface area contributed by atoms with Crippen molar-refractivity contribution in [2.24, 2.45) is 5.73 Å². The van der Waals surface area contributed by atoms with Gasteiger partial charge in [0, 0.05) is 66.0 Å². The molecule has 0 aliphatic carbocycles. The lowest BCUT2D eigenvalue weighted by atomic mass is 10.1. The van der Waals surface area contributed by atoms with Crippen molar-refractivity contribution in [1.29, 1.82) is 0 Å². The summed E-state index contributed by atoms with van der Waals surface area (Å²) in [6.45, 7) is 1.68. The molecule has 0 atom stereocenters. The molecule has 1 saturated heterocycles. The fourth-order valence-electron chi connectivity index (χ4n) is 4.51. The van der Waals surface area contributed by atoms with Crippen LogP contribution >= 0.6 is 0 Å². The number of pyridine rings is 4. The van der Waals surface area contributed by atoms with E-state index >= 15 is 0 Å². The molecule has 0 amide bonds. The van der Waals surface area contributed by atoms with Gasteiger partial charge in [-0.05, 0) is 24.3 Å². The highest BCUT2D eigenvalue weighted by Gasteiger charge is 2.24. The first-order valence-corrected chi connectivity index (χ1v) is 11.3. The molecule has 10 heteroatoms. The molecule has 7 heterocycles. The molecule has 6 aromatic heterocycles. The number of nitrogens with one attached hydrogen (secondary N) is 2. The number of H-pyrrole nitrogens is 2. The summed E-state index contributed by atoms with van der Waals surface area (Å²) in [5, 5.41) is 8.52. The highest BCUT2D eigenvalue weighted by molar-refractivity contribution is 5.96. The first-order chi connectivity index (χ1) is 17.2. The topological polar surface area (TPSA) is 138 Å². The van der Waals surface area contributed by atoms with Gasteiger partial charge in [-0.15, -0.1) is 0 Å². The summed E-state index contributed by atoms with van der Waals surface area (Å²) in [6, 6.07) is 10.2. The second-order valence-electron chi connectivity index (χ2n) is 8.67. The van der Waals surface area contributed by atoms with Crippen molar-refractivity contribution in [1.82, 2.24) is 40.1 Å². The highest BCUT2D eigenvalue weighted by Crippen LogP contribution is 2.32. The molecule has 1 aliphatic rings. The second kappa shape index (κ2) is 7.67. The standard InChI is InChI=1S/C25H20N10/c26-16-12-35(13-16)17-6-15(9-28-10-17)20-7-19-21(11-30-20)33-34-23(19)25-31-22-18(3-5-29-24(22)32-25)14-2-1-4-27-8-14/h1-11,16H,12-13,26H2,(H,33,34)(H,29,31,32). The number of hydrogen-bond donors (Lipinski definition) is 3. The molecule has 0 bridgehead atoms. The lowest BCUT2D eigenvalue weighted by Gasteiger charge is -2.38. The lowest BCUT2D eigenvalue weighted by molar-refractivity contribution is 0.519. The Morgan fingerprint density at radius 1 is 0.943 bits per heavy atom. The van der Waals surface area contributed by atoms with E-state index in [-0.39, 0.29) is 6.04 Å². The van der Waals surface area contributed by atoms with E-state index in [1.807, 2.05) is 42.9 Å². The molecule has 4 N–H and O–H groups in total. The van der Waals surface area contributed by atoms with Crippen LogP contribution in [-0.4, -0.2) is 59.2 Å². The van der Waals surface area contributed by atoms with Gasteiger partial charge in [0.25, 0.3) is 0 Å². The Balaban J connectivity index is 1.31. The summed E-state index contributed by atoms with van der Waals surface area (Å²) >= 11 is 0. The Kier molecular flexibility index (Phi) is 4.33. The van der Waals surface area contributed by atoms with Crippen LogP contribution in [-0.2, 0) is 0 Å². The predicted octanol–water partition coefficient (Wildman–Crippen LogP) is 3.17. The molecule has 170 valence electrons. The van der Waals surface area contributed by atoms with Crippen molar-refractivity contribution in [3.8, 4) is 33.9 Å². The summed E-state index contributed by atoms with van der Waals surface area (Å²) < 4.78 is 0. The Hall–Kier alpha value is -4.70. The molecule has 35 heavy (non-hydrogen) atoms. The van der Waals surface area contributed by atoms with Crippen LogP contribution in [0.25, 0.3) is 56.0 Å². The van der Waals surface area contributed by atoms with E-state index in [0.717, 1.165) is 57.6 Å². The van der Waals surface area contributed by atoms with Gasteiger partial charge in [0.15, 0.2) is 11.5 Å². The van der Waals surface area contributed by atoms with E-state index in [4.69, 9.17) is 10.7 Å². The van der Waals surface area contributed by atoms with Gasteiger partial charge in [-0.25, -0.2) is 9.97 Å². The lowest BCUT2D eigenvalue weighted by Crippen LogP contribution is -2.55. The fourth-order valence-corrected chi connectivity index (χ4v) is 4.51. The third-order valence-corrected chi connectivity index (χ3v) is 6.33. The smallest absolute Gasteiger partial charge is 0.178 e. The van der Waals surface area contributed by atoms with Crippen LogP contribution in [0, 0.1) is 0 Å². The number of imidazole rings is 1. The third kappa shape index (κ3) is 3.30. The minimum absolute atomic E-state index is 0.221. The van der Waals surface area contributed by atoms with Crippen LogP contribution in [0.3, 0.4) is 0 Å². The largest absolute Gasteiger partial charge is 0.367 e. The number of aromatic nitrogens is 8. The van der Waals surface area contributed by atoms with Gasteiger partial charge < -0.3 is 15.6 Å². The molecular weight excluding hydrogens is 440 g/mol. The van der Waals surface area contributed by atoms with Crippen LogP contribution < -0.4 is 10.6 Å². The monoisotopic (exact) mass is 460 g/mol. The zero-order valence-electron chi connectivity index (χ0n) is 18.6. The molecular formula is C25H20N10. The Labute approximate surface area is 199 Å². The van der Waals surface area contributed by atoms with E-state index in [1.54, 1.807) is 18.6 Å². The van der Waals surface area contributed by atoms with Crippen molar-refractivity contribution in [3.05, 3.63) is 67.5 Å². The molecule has 7 rings (SSSR count). The first kappa shape index (κ1) is 19.7. The van der Waals surface area contributed by atoms with Crippen LogP contribution in [0.5, 0.6) is 0 Å². The van der Waals surface area contributed by atoms with Crippen molar-refractivity contribution < 1.29 is 0 Å². The number of rotatable bonds is 4. The summed E-state index contributed by atoms with van der Waals surface area (Å²) in [5.74, 6) is 0.633. The van der Waals surface area contributed by atoms with Crippen molar-refractivity contribution in [2.45, 2.75) is 6.04 Å². The molecule has 0 aromatic carbocycles. The molecule has 1 fully saturated rings. The van der Waals surface area contributed by atoms with Gasteiger partial charge in [-0.2, -0.15) is 5.10 Å². The third-order valence-electron chi connectivity index (χ3n) is 6.33. The van der Waals surface area contributed by atoms with Gasteiger partial charge >= 0.3 is 0 Å². The average Bonchev–Trinajstić information content (AvgIpc) is 3.51. The first-order valence-electron chi connectivity index (χ1n) is 11.3. The van der Waals surface area contributed by atoms with Crippen LogP contribution in [0.4, 0.5) is 5.69 Å². The van der Waals surface area contributed by atoms with E-state index in [1.165, 1.54) is 0 Å². The molecule has 0 radical (unpaired) electrons. The number of aromatic amines is 2. The Bertz CT molecular complexity index is 1680. The van der Waals surface area contributed by atoms with Crippen molar-refractivity contribution in [2.75, 3.05) is 18.0 Å². The maximum atomic E-state index is 5.95. The molecule has 6 aromatic rings. The summed E-state index contributed by atoms with van der Waals surface area (Å²) in [6.07, 6.45) is 10.8. The van der Waals surface area contributed by atoms with Gasteiger partial charge in [0.05, 0.1) is 34.8 Å². The van der Waals surface area contributed by atoms with Gasteiger partial charge in [-0.1, -0.05) is 6.07 Å². The number of nitrogens with zero attached hydrogens (tertiary/aromatic N) is 7.